The summed E-state index contributed by atoms with van der Waals surface area (Å²) in [5.74, 6) is -0.763. The van der Waals surface area contributed by atoms with Crippen molar-refractivity contribution in [3.8, 4) is 5.75 Å². The highest BCUT2D eigenvalue weighted by Crippen LogP contribution is 2.31. The standard InChI is InChI=1S/C24H31N3O6S/c1-4-19(24(29)30)23-15(2)20-9-8-18(13-21(20)26-23)33-11-10-25-14-22(28)16-6-5-7-17(12-16)27-34(3,31)32/h5-9,12-13,19,22,25-28H,4,10-11,14H2,1-3H3,(H,29,30). The van der Waals surface area contributed by atoms with Gasteiger partial charge in [0.1, 0.15) is 12.4 Å². The van der Waals surface area contributed by atoms with Gasteiger partial charge in [-0.05, 0) is 48.7 Å². The first-order valence-electron chi connectivity index (χ1n) is 11.0. The number of ether oxygens (including phenoxy) is 1. The molecule has 0 aliphatic rings. The zero-order valence-corrected chi connectivity index (χ0v) is 20.3. The number of carbonyl (C=O) groups is 1. The number of aliphatic hydroxyl groups is 1. The summed E-state index contributed by atoms with van der Waals surface area (Å²) in [7, 11) is -3.39. The molecule has 0 saturated carbocycles. The summed E-state index contributed by atoms with van der Waals surface area (Å²) in [4.78, 5) is 14.8. The van der Waals surface area contributed by atoms with Crippen molar-refractivity contribution in [2.24, 2.45) is 0 Å². The number of aryl methyl sites for hydroxylation is 1. The zero-order valence-electron chi connectivity index (χ0n) is 19.5. The molecular formula is C24H31N3O6S. The van der Waals surface area contributed by atoms with Crippen LogP contribution in [0.1, 0.15) is 42.2 Å². The number of carboxylic acids is 1. The number of nitrogens with one attached hydrogen (secondary N) is 3. The minimum atomic E-state index is -3.39. The van der Waals surface area contributed by atoms with Crippen LogP contribution < -0.4 is 14.8 Å². The number of fused-ring (bicyclic) bond motifs is 1. The Morgan fingerprint density at radius 2 is 1.97 bits per heavy atom. The van der Waals surface area contributed by atoms with Crippen molar-refractivity contribution < 1.29 is 28.2 Å². The molecule has 5 N–H and O–H groups in total. The van der Waals surface area contributed by atoms with E-state index in [1.807, 2.05) is 32.0 Å². The Hall–Kier alpha value is -3.08. The molecule has 0 fully saturated rings. The highest BCUT2D eigenvalue weighted by atomic mass is 32.2. The topological polar surface area (TPSA) is 141 Å². The minimum Gasteiger partial charge on any atom is -0.492 e. The first kappa shape index (κ1) is 25.5. The molecule has 2 atom stereocenters. The van der Waals surface area contributed by atoms with Gasteiger partial charge in [-0.25, -0.2) is 8.42 Å². The maximum absolute atomic E-state index is 11.5. The number of aliphatic hydroxyl groups excluding tert-OH is 1. The van der Waals surface area contributed by atoms with Gasteiger partial charge in [0.2, 0.25) is 10.0 Å². The summed E-state index contributed by atoms with van der Waals surface area (Å²) >= 11 is 0. The van der Waals surface area contributed by atoms with Gasteiger partial charge in [0.15, 0.2) is 0 Å². The largest absolute Gasteiger partial charge is 0.492 e. The van der Waals surface area contributed by atoms with E-state index in [1.165, 1.54) is 0 Å². The summed E-state index contributed by atoms with van der Waals surface area (Å²) in [6.07, 6.45) is 0.768. The zero-order chi connectivity index (χ0) is 24.9. The molecule has 2 unspecified atom stereocenters. The lowest BCUT2D eigenvalue weighted by molar-refractivity contribution is -0.138. The Morgan fingerprint density at radius 3 is 2.65 bits per heavy atom. The molecule has 0 amide bonds. The number of anilines is 1. The van der Waals surface area contributed by atoms with Crippen molar-refractivity contribution in [3.63, 3.8) is 0 Å². The molecule has 1 heterocycles. The van der Waals surface area contributed by atoms with Crippen LogP contribution in [0.5, 0.6) is 5.75 Å². The average Bonchev–Trinajstić information content (AvgIpc) is 3.08. The van der Waals surface area contributed by atoms with E-state index in [-0.39, 0.29) is 6.54 Å². The Kier molecular flexibility index (Phi) is 8.19. The summed E-state index contributed by atoms with van der Waals surface area (Å²) < 4.78 is 31.0. The first-order chi connectivity index (χ1) is 16.1. The third-order valence-corrected chi connectivity index (χ3v) is 6.19. The second-order valence-electron chi connectivity index (χ2n) is 8.24. The van der Waals surface area contributed by atoms with Gasteiger partial charge in [-0.1, -0.05) is 19.1 Å². The van der Waals surface area contributed by atoms with Crippen LogP contribution in [0.25, 0.3) is 10.9 Å². The van der Waals surface area contributed by atoms with Gasteiger partial charge in [-0.15, -0.1) is 0 Å². The fraction of sp³-hybridized carbons (Fsp3) is 0.375. The number of hydrogen-bond donors (Lipinski definition) is 5. The van der Waals surface area contributed by atoms with Crippen LogP contribution in [0.2, 0.25) is 0 Å². The van der Waals surface area contributed by atoms with Crippen molar-refractivity contribution in [2.75, 3.05) is 30.7 Å². The monoisotopic (exact) mass is 489 g/mol. The summed E-state index contributed by atoms with van der Waals surface area (Å²) in [6.45, 7) is 4.90. The quantitative estimate of drug-likeness (QED) is 0.246. The summed E-state index contributed by atoms with van der Waals surface area (Å²) in [6, 6.07) is 12.2. The average molecular weight is 490 g/mol. The van der Waals surface area contributed by atoms with Crippen LogP contribution in [0.15, 0.2) is 42.5 Å². The fourth-order valence-electron chi connectivity index (χ4n) is 3.90. The number of H-pyrrole nitrogens is 1. The first-order valence-corrected chi connectivity index (χ1v) is 12.9. The SMILES string of the molecule is CCC(C(=O)O)c1[nH]c2cc(OCCNCC(O)c3cccc(NS(C)(=O)=O)c3)ccc2c1C. The van der Waals surface area contributed by atoms with E-state index < -0.39 is 28.0 Å². The molecule has 0 aliphatic carbocycles. The predicted octanol–water partition coefficient (Wildman–Crippen LogP) is 3.13. The summed E-state index contributed by atoms with van der Waals surface area (Å²) in [5.41, 5.74) is 3.47. The highest BCUT2D eigenvalue weighted by molar-refractivity contribution is 7.92. The normalized spacial score (nSPS) is 13.5. The smallest absolute Gasteiger partial charge is 0.312 e. The molecular weight excluding hydrogens is 458 g/mol. The lowest BCUT2D eigenvalue weighted by atomic mass is 9.99. The van der Waals surface area contributed by atoms with Crippen LogP contribution in [0.4, 0.5) is 5.69 Å². The number of hydrogen-bond acceptors (Lipinski definition) is 6. The van der Waals surface area contributed by atoms with Crippen LogP contribution in [0, 0.1) is 6.92 Å². The molecule has 10 heteroatoms. The third-order valence-electron chi connectivity index (χ3n) is 5.58. The van der Waals surface area contributed by atoms with E-state index >= 15 is 0 Å². The molecule has 2 aromatic carbocycles. The Balaban J connectivity index is 1.52. The predicted molar refractivity (Wildman–Crippen MR) is 132 cm³/mol. The maximum atomic E-state index is 11.5. The number of aromatic nitrogens is 1. The molecule has 0 radical (unpaired) electrons. The number of aliphatic carboxylic acids is 1. The molecule has 0 bridgehead atoms. The number of benzene rings is 2. The molecule has 0 aliphatic heterocycles. The Morgan fingerprint density at radius 1 is 1.21 bits per heavy atom. The van der Waals surface area contributed by atoms with Gasteiger partial charge < -0.3 is 25.3 Å². The minimum absolute atomic E-state index is 0.275. The molecule has 0 saturated heterocycles. The second-order valence-corrected chi connectivity index (χ2v) is 9.99. The van der Waals surface area contributed by atoms with E-state index in [9.17, 15) is 23.4 Å². The molecule has 3 rings (SSSR count). The maximum Gasteiger partial charge on any atom is 0.312 e. The molecule has 3 aromatic rings. The van der Waals surface area contributed by atoms with E-state index in [1.54, 1.807) is 24.3 Å². The van der Waals surface area contributed by atoms with E-state index in [0.29, 0.717) is 42.3 Å². The molecule has 34 heavy (non-hydrogen) atoms. The molecule has 0 spiro atoms. The summed E-state index contributed by atoms with van der Waals surface area (Å²) in [5, 5.41) is 23.9. The molecule has 1 aromatic heterocycles. The Labute approximate surface area is 199 Å². The van der Waals surface area contributed by atoms with Gasteiger partial charge in [-0.3, -0.25) is 9.52 Å². The van der Waals surface area contributed by atoms with Crippen LogP contribution in [-0.2, 0) is 14.8 Å². The van der Waals surface area contributed by atoms with Crippen LogP contribution in [-0.4, -0.2) is 55.5 Å². The highest BCUT2D eigenvalue weighted by Gasteiger charge is 2.22. The van der Waals surface area contributed by atoms with Crippen LogP contribution in [0.3, 0.4) is 0 Å². The lowest BCUT2D eigenvalue weighted by Gasteiger charge is -2.14. The van der Waals surface area contributed by atoms with Gasteiger partial charge in [0, 0.05) is 41.4 Å². The number of sulfonamides is 1. The number of aromatic amines is 1. The number of carboxylic acid groups (broad SMARTS) is 1. The van der Waals surface area contributed by atoms with Crippen molar-refractivity contribution in [1.82, 2.24) is 10.3 Å². The van der Waals surface area contributed by atoms with E-state index in [2.05, 4.69) is 15.0 Å². The lowest BCUT2D eigenvalue weighted by Crippen LogP contribution is -2.26. The van der Waals surface area contributed by atoms with Gasteiger partial charge in [0.25, 0.3) is 0 Å². The van der Waals surface area contributed by atoms with Crippen molar-refractivity contribution in [1.29, 1.82) is 0 Å². The Bertz CT molecular complexity index is 1250. The van der Waals surface area contributed by atoms with Gasteiger partial charge >= 0.3 is 5.97 Å². The van der Waals surface area contributed by atoms with E-state index in [4.69, 9.17) is 4.74 Å². The second kappa shape index (κ2) is 10.9. The number of rotatable bonds is 12. The fourth-order valence-corrected chi connectivity index (χ4v) is 4.45. The third kappa shape index (κ3) is 6.49. The van der Waals surface area contributed by atoms with Crippen molar-refractivity contribution in [3.05, 3.63) is 59.3 Å². The van der Waals surface area contributed by atoms with Gasteiger partial charge in [-0.2, -0.15) is 0 Å². The van der Waals surface area contributed by atoms with Crippen molar-refractivity contribution >= 4 is 32.6 Å². The molecule has 184 valence electrons. The van der Waals surface area contributed by atoms with Crippen LogP contribution >= 0.6 is 0 Å². The van der Waals surface area contributed by atoms with E-state index in [0.717, 1.165) is 22.7 Å². The van der Waals surface area contributed by atoms with Crippen molar-refractivity contribution in [2.45, 2.75) is 32.3 Å². The van der Waals surface area contributed by atoms with Gasteiger partial charge in [0.05, 0.1) is 18.3 Å². The molecule has 9 nitrogen and oxygen atoms in total.